The Kier molecular flexibility index (Phi) is 5.29. The molecule has 0 N–H and O–H groups in total. The minimum Gasteiger partial charge on any atom is -0.443 e. The summed E-state index contributed by atoms with van der Waals surface area (Å²) in [6.07, 6.45) is 0.923. The van der Waals surface area contributed by atoms with Crippen molar-refractivity contribution in [2.24, 2.45) is 0 Å². The van der Waals surface area contributed by atoms with E-state index in [1.54, 1.807) is 41.5 Å². The quantitative estimate of drug-likeness (QED) is 0.768. The molecule has 0 aliphatic rings. The van der Waals surface area contributed by atoms with Gasteiger partial charge in [0.2, 0.25) is 9.84 Å². The number of nitrogens with zero attached hydrogens (tertiary/aromatic N) is 2. The van der Waals surface area contributed by atoms with Crippen LogP contribution >= 0.6 is 0 Å². The molecule has 0 fully saturated rings. The monoisotopic (exact) mass is 396 g/mol. The SMILES string of the molecule is CC(C)(C)OC(=O)n1cccc1S(=O)(=O)c1cccn1C(=O)OC(C)(C)C. The first-order valence-electron chi connectivity index (χ1n) is 8.29. The van der Waals surface area contributed by atoms with E-state index in [4.69, 9.17) is 9.47 Å². The highest BCUT2D eigenvalue weighted by Gasteiger charge is 2.31. The van der Waals surface area contributed by atoms with Crippen LogP contribution in [0.5, 0.6) is 0 Å². The van der Waals surface area contributed by atoms with Crippen molar-refractivity contribution in [2.45, 2.75) is 62.8 Å². The molecular formula is C18H24N2O6S. The van der Waals surface area contributed by atoms with Crippen LogP contribution in [0.4, 0.5) is 9.59 Å². The molecule has 0 unspecified atom stereocenters. The van der Waals surface area contributed by atoms with Crippen molar-refractivity contribution in [3.8, 4) is 0 Å². The van der Waals surface area contributed by atoms with E-state index in [1.807, 2.05) is 0 Å². The van der Waals surface area contributed by atoms with Crippen LogP contribution < -0.4 is 0 Å². The van der Waals surface area contributed by atoms with E-state index in [0.29, 0.717) is 0 Å². The molecule has 9 heteroatoms. The minimum absolute atomic E-state index is 0.305. The molecule has 0 bridgehead atoms. The number of rotatable bonds is 2. The van der Waals surface area contributed by atoms with Crippen LogP contribution in [0.25, 0.3) is 0 Å². The standard InChI is InChI=1S/C18H24N2O6S/c1-17(2,3)25-15(21)19-11-7-9-13(19)27(23,24)14-10-8-12-20(14)16(22)26-18(4,5)6/h7-12H,1-6H3. The fourth-order valence-corrected chi connectivity index (χ4v) is 3.72. The first-order chi connectivity index (χ1) is 12.2. The highest BCUT2D eigenvalue weighted by Crippen LogP contribution is 2.24. The maximum Gasteiger partial charge on any atom is 0.419 e. The Labute approximate surface area is 158 Å². The maximum absolute atomic E-state index is 13.1. The van der Waals surface area contributed by atoms with Crippen LogP contribution in [-0.2, 0) is 19.3 Å². The number of carbonyl (C=O) groups excluding carboxylic acids is 2. The number of hydrogen-bond donors (Lipinski definition) is 0. The normalized spacial score (nSPS) is 12.7. The predicted molar refractivity (Wildman–Crippen MR) is 97.6 cm³/mol. The smallest absolute Gasteiger partial charge is 0.419 e. The van der Waals surface area contributed by atoms with Crippen LogP contribution in [0.3, 0.4) is 0 Å². The van der Waals surface area contributed by atoms with E-state index in [9.17, 15) is 18.0 Å². The van der Waals surface area contributed by atoms with Gasteiger partial charge in [-0.05, 0) is 65.8 Å². The van der Waals surface area contributed by atoms with Crippen LogP contribution in [0.15, 0.2) is 46.7 Å². The highest BCUT2D eigenvalue weighted by atomic mass is 32.2. The molecule has 0 atom stereocenters. The Bertz CT molecular complexity index is 882. The molecule has 0 radical (unpaired) electrons. The van der Waals surface area contributed by atoms with Crippen LogP contribution in [0, 0.1) is 0 Å². The van der Waals surface area contributed by atoms with Gasteiger partial charge in [-0.1, -0.05) is 0 Å². The van der Waals surface area contributed by atoms with E-state index in [0.717, 1.165) is 9.13 Å². The Morgan fingerprint density at radius 2 is 1.11 bits per heavy atom. The second kappa shape index (κ2) is 6.88. The van der Waals surface area contributed by atoms with Crippen molar-refractivity contribution < 1.29 is 27.5 Å². The van der Waals surface area contributed by atoms with Gasteiger partial charge in [0.1, 0.15) is 11.2 Å². The zero-order valence-electron chi connectivity index (χ0n) is 16.2. The second-order valence-electron chi connectivity index (χ2n) is 7.90. The lowest BCUT2D eigenvalue weighted by Gasteiger charge is -2.21. The van der Waals surface area contributed by atoms with Gasteiger partial charge in [0.15, 0.2) is 10.1 Å². The van der Waals surface area contributed by atoms with Gasteiger partial charge in [-0.3, -0.25) is 0 Å². The van der Waals surface area contributed by atoms with Crippen LogP contribution in [-0.4, -0.2) is 40.9 Å². The third-order valence-electron chi connectivity index (χ3n) is 3.15. The fraction of sp³-hybridized carbons (Fsp3) is 0.444. The van der Waals surface area contributed by atoms with Gasteiger partial charge in [-0.25, -0.2) is 27.1 Å². The lowest BCUT2D eigenvalue weighted by molar-refractivity contribution is 0.0516. The molecule has 0 spiro atoms. The molecule has 0 saturated heterocycles. The molecule has 2 heterocycles. The van der Waals surface area contributed by atoms with Crippen LogP contribution in [0.1, 0.15) is 41.5 Å². The van der Waals surface area contributed by atoms with E-state index < -0.39 is 33.2 Å². The molecule has 27 heavy (non-hydrogen) atoms. The van der Waals surface area contributed by atoms with E-state index in [1.165, 1.54) is 36.7 Å². The average molecular weight is 396 g/mol. The third kappa shape index (κ3) is 4.79. The van der Waals surface area contributed by atoms with Crippen molar-refractivity contribution >= 4 is 22.0 Å². The molecule has 148 valence electrons. The largest absolute Gasteiger partial charge is 0.443 e. The Balaban J connectivity index is 2.46. The topological polar surface area (TPSA) is 96.6 Å². The van der Waals surface area contributed by atoms with Crippen molar-refractivity contribution in [1.82, 2.24) is 9.13 Å². The molecule has 8 nitrogen and oxygen atoms in total. The summed E-state index contributed by atoms with van der Waals surface area (Å²) in [5.41, 5.74) is -1.59. The van der Waals surface area contributed by atoms with Gasteiger partial charge in [-0.15, -0.1) is 0 Å². The first-order valence-corrected chi connectivity index (χ1v) is 9.77. The van der Waals surface area contributed by atoms with Gasteiger partial charge in [0.25, 0.3) is 0 Å². The zero-order valence-corrected chi connectivity index (χ0v) is 17.0. The minimum atomic E-state index is -4.19. The molecule has 2 rings (SSSR count). The summed E-state index contributed by atoms with van der Waals surface area (Å²) in [4.78, 5) is 24.7. The summed E-state index contributed by atoms with van der Waals surface area (Å²) in [6, 6.07) is 5.37. The molecule has 2 aromatic heterocycles. The number of aromatic nitrogens is 2. The van der Waals surface area contributed by atoms with Gasteiger partial charge in [0, 0.05) is 12.4 Å². The fourth-order valence-electron chi connectivity index (χ4n) is 2.20. The summed E-state index contributed by atoms with van der Waals surface area (Å²) < 4.78 is 38.4. The highest BCUT2D eigenvalue weighted by molar-refractivity contribution is 7.91. The summed E-state index contributed by atoms with van der Waals surface area (Å²) >= 11 is 0. The Morgan fingerprint density at radius 3 is 1.41 bits per heavy atom. The van der Waals surface area contributed by atoms with Gasteiger partial charge in [-0.2, -0.15) is 0 Å². The zero-order chi connectivity index (χ0) is 20.6. The molecule has 0 amide bonds. The maximum atomic E-state index is 13.1. The van der Waals surface area contributed by atoms with E-state index in [2.05, 4.69) is 0 Å². The number of carbonyl (C=O) groups is 2. The molecule has 0 aromatic carbocycles. The van der Waals surface area contributed by atoms with Crippen molar-refractivity contribution in [1.29, 1.82) is 0 Å². The summed E-state index contributed by atoms with van der Waals surface area (Å²) in [7, 11) is -4.19. The van der Waals surface area contributed by atoms with Crippen molar-refractivity contribution in [3.63, 3.8) is 0 Å². The number of ether oxygens (including phenoxy) is 2. The summed E-state index contributed by atoms with van der Waals surface area (Å²) in [5.74, 6) is 0. The number of sulfone groups is 1. The van der Waals surface area contributed by atoms with Gasteiger partial charge in [0.05, 0.1) is 0 Å². The van der Waals surface area contributed by atoms with Gasteiger partial charge >= 0.3 is 12.2 Å². The lowest BCUT2D eigenvalue weighted by Crippen LogP contribution is -2.30. The number of hydrogen-bond acceptors (Lipinski definition) is 6. The van der Waals surface area contributed by atoms with Crippen LogP contribution in [0.2, 0.25) is 0 Å². The van der Waals surface area contributed by atoms with E-state index >= 15 is 0 Å². The van der Waals surface area contributed by atoms with Crippen molar-refractivity contribution in [2.75, 3.05) is 0 Å². The second-order valence-corrected chi connectivity index (χ2v) is 9.74. The summed E-state index contributed by atoms with van der Waals surface area (Å²) in [5, 5.41) is -0.611. The average Bonchev–Trinajstić information content (AvgIpc) is 3.13. The lowest BCUT2D eigenvalue weighted by atomic mass is 10.2. The Hall–Kier alpha value is -2.55. The molecule has 0 saturated carbocycles. The third-order valence-corrected chi connectivity index (χ3v) is 4.92. The Morgan fingerprint density at radius 1 is 0.778 bits per heavy atom. The van der Waals surface area contributed by atoms with Gasteiger partial charge < -0.3 is 9.47 Å². The predicted octanol–water partition coefficient (Wildman–Crippen LogP) is 3.69. The van der Waals surface area contributed by atoms with E-state index in [-0.39, 0.29) is 10.1 Å². The molecule has 0 aliphatic carbocycles. The molecule has 0 aliphatic heterocycles. The van der Waals surface area contributed by atoms with Crippen molar-refractivity contribution in [3.05, 3.63) is 36.7 Å². The molecular weight excluding hydrogens is 372 g/mol. The summed E-state index contributed by atoms with van der Waals surface area (Å²) in [6.45, 7) is 10.1. The molecule has 2 aromatic rings. The first kappa shape index (κ1) is 20.8.